The fourth-order valence-corrected chi connectivity index (χ4v) is 3.39. The van der Waals surface area contributed by atoms with Crippen LogP contribution >= 0.6 is 0 Å². The number of nitrogens with one attached hydrogen (secondary N) is 2. The molecule has 1 rings (SSSR count). The first kappa shape index (κ1) is 29.5. The maximum absolute atomic E-state index is 10.3. The van der Waals surface area contributed by atoms with Gasteiger partial charge in [0.05, 0.1) is 17.9 Å². The van der Waals surface area contributed by atoms with Crippen LogP contribution in [-0.4, -0.2) is 67.0 Å². The van der Waals surface area contributed by atoms with Crippen molar-refractivity contribution in [3.05, 3.63) is 18.2 Å². The van der Waals surface area contributed by atoms with Crippen molar-refractivity contribution in [3.8, 4) is 5.75 Å². The minimum Gasteiger partial charge on any atom is -0.506 e. The lowest BCUT2D eigenvalue weighted by molar-refractivity contribution is 0.119. The lowest BCUT2D eigenvalue weighted by Crippen LogP contribution is -2.22. The van der Waals surface area contributed by atoms with Gasteiger partial charge in [0.25, 0.3) is 0 Å². The molecule has 0 aliphatic rings. The summed E-state index contributed by atoms with van der Waals surface area (Å²) in [6, 6.07) is 5.23. The van der Waals surface area contributed by atoms with E-state index < -0.39 is 12.2 Å². The van der Waals surface area contributed by atoms with Gasteiger partial charge in [-0.25, -0.2) is 0 Å². The van der Waals surface area contributed by atoms with Crippen molar-refractivity contribution >= 4 is 11.4 Å². The van der Waals surface area contributed by atoms with Crippen LogP contribution in [0.25, 0.3) is 0 Å². The van der Waals surface area contributed by atoms with Crippen molar-refractivity contribution < 1.29 is 24.8 Å². The summed E-state index contributed by atoms with van der Waals surface area (Å²) in [5, 5.41) is 37.2. The molecule has 0 saturated heterocycles. The molecule has 192 valence electrons. The number of unbranched alkanes of at least 4 members (excludes halogenated alkanes) is 4. The molecule has 0 spiro atoms. The summed E-state index contributed by atoms with van der Waals surface area (Å²) in [6.45, 7) is 8.15. The molecule has 0 aliphatic heterocycles. The zero-order valence-electron chi connectivity index (χ0n) is 20.9. The maximum Gasteiger partial charge on any atom is 0.140 e. The topological polar surface area (TPSA) is 103 Å². The van der Waals surface area contributed by atoms with E-state index in [1.54, 1.807) is 12.1 Å². The largest absolute Gasteiger partial charge is 0.506 e. The molecule has 5 N–H and O–H groups in total. The molecule has 7 nitrogen and oxygen atoms in total. The number of hydrogen-bond acceptors (Lipinski definition) is 7. The van der Waals surface area contributed by atoms with Gasteiger partial charge in [-0.2, -0.15) is 0 Å². The number of aliphatic hydroxyl groups is 2. The number of anilines is 2. The number of benzene rings is 1. The van der Waals surface area contributed by atoms with Gasteiger partial charge in [0.1, 0.15) is 11.4 Å². The molecule has 1 aromatic carbocycles. The van der Waals surface area contributed by atoms with Crippen molar-refractivity contribution in [2.75, 3.05) is 50.2 Å². The quantitative estimate of drug-likeness (QED) is 0.122. The molecule has 2 unspecified atom stereocenters. The Bertz CT molecular complexity index is 588. The van der Waals surface area contributed by atoms with Crippen molar-refractivity contribution in [3.63, 3.8) is 0 Å². The summed E-state index contributed by atoms with van der Waals surface area (Å²) in [4.78, 5) is 0. The van der Waals surface area contributed by atoms with E-state index in [1.165, 1.54) is 0 Å². The normalized spacial score (nSPS) is 13.1. The van der Waals surface area contributed by atoms with E-state index in [2.05, 4.69) is 24.5 Å². The number of phenols is 1. The van der Waals surface area contributed by atoms with Gasteiger partial charge < -0.3 is 35.4 Å². The van der Waals surface area contributed by atoms with Crippen LogP contribution in [0.15, 0.2) is 18.2 Å². The van der Waals surface area contributed by atoms with Crippen LogP contribution in [0.5, 0.6) is 5.75 Å². The van der Waals surface area contributed by atoms with Crippen LogP contribution in [0.3, 0.4) is 0 Å². The zero-order chi connectivity index (χ0) is 24.2. The predicted octanol–water partition coefficient (Wildman–Crippen LogP) is 4.91. The minimum atomic E-state index is -0.502. The van der Waals surface area contributed by atoms with Crippen LogP contribution in [-0.2, 0) is 9.47 Å². The first-order valence-electron chi connectivity index (χ1n) is 12.9. The molecule has 1 aromatic rings. The van der Waals surface area contributed by atoms with E-state index in [0.717, 1.165) is 77.8 Å². The van der Waals surface area contributed by atoms with Crippen LogP contribution in [0.1, 0.15) is 78.1 Å². The Kier molecular flexibility index (Phi) is 17.8. The highest BCUT2D eigenvalue weighted by molar-refractivity contribution is 5.75. The van der Waals surface area contributed by atoms with Gasteiger partial charge in [-0.3, -0.25) is 0 Å². The Morgan fingerprint density at radius 1 is 0.727 bits per heavy atom. The third-order valence-corrected chi connectivity index (χ3v) is 5.52. The smallest absolute Gasteiger partial charge is 0.140 e. The molecule has 33 heavy (non-hydrogen) atoms. The van der Waals surface area contributed by atoms with Crippen LogP contribution < -0.4 is 10.6 Å². The minimum absolute atomic E-state index is 0.121. The Hall–Kier alpha value is -1.54. The van der Waals surface area contributed by atoms with Gasteiger partial charge in [0.15, 0.2) is 0 Å². The van der Waals surface area contributed by atoms with E-state index in [4.69, 9.17) is 9.47 Å². The van der Waals surface area contributed by atoms with Crippen molar-refractivity contribution in [1.82, 2.24) is 0 Å². The number of aliphatic hydroxyl groups excluding tert-OH is 2. The third kappa shape index (κ3) is 15.1. The summed E-state index contributed by atoms with van der Waals surface area (Å²) in [5.41, 5.74) is 1.27. The highest BCUT2D eigenvalue weighted by Gasteiger charge is 2.12. The Labute approximate surface area is 200 Å². The predicted molar refractivity (Wildman–Crippen MR) is 136 cm³/mol. The van der Waals surface area contributed by atoms with Gasteiger partial charge in [0.2, 0.25) is 0 Å². The second-order valence-corrected chi connectivity index (χ2v) is 8.69. The molecule has 0 bridgehead atoms. The van der Waals surface area contributed by atoms with Crippen LogP contribution in [0.4, 0.5) is 11.4 Å². The van der Waals surface area contributed by atoms with E-state index in [1.807, 2.05) is 6.07 Å². The number of aromatic hydroxyl groups is 1. The average Bonchev–Trinajstić information content (AvgIpc) is 2.81. The number of hydrogen-bond donors (Lipinski definition) is 5. The SMILES string of the molecule is CCCCOCCCCC(O)CNc1cccc(O)c1NCC(O)CCCCOCCCC. The van der Waals surface area contributed by atoms with E-state index in [-0.39, 0.29) is 5.75 Å². The molecule has 7 heteroatoms. The second kappa shape index (κ2) is 19.9. The fraction of sp³-hybridized carbons (Fsp3) is 0.769. The average molecular weight is 469 g/mol. The fourth-order valence-electron chi connectivity index (χ4n) is 3.39. The highest BCUT2D eigenvalue weighted by Crippen LogP contribution is 2.31. The van der Waals surface area contributed by atoms with Gasteiger partial charge in [-0.1, -0.05) is 32.8 Å². The number of para-hydroxylation sites is 1. The summed E-state index contributed by atoms with van der Waals surface area (Å²) < 4.78 is 11.1. The van der Waals surface area contributed by atoms with Crippen molar-refractivity contribution in [2.45, 2.75) is 90.3 Å². The molecule has 0 heterocycles. The monoisotopic (exact) mass is 468 g/mol. The van der Waals surface area contributed by atoms with Crippen molar-refractivity contribution in [2.24, 2.45) is 0 Å². The molecule has 0 radical (unpaired) electrons. The Morgan fingerprint density at radius 3 is 1.79 bits per heavy atom. The molecule has 2 atom stereocenters. The molecule has 0 amide bonds. The lowest BCUT2D eigenvalue weighted by Gasteiger charge is -2.19. The zero-order valence-corrected chi connectivity index (χ0v) is 20.9. The second-order valence-electron chi connectivity index (χ2n) is 8.69. The Morgan fingerprint density at radius 2 is 1.24 bits per heavy atom. The number of rotatable bonds is 22. The van der Waals surface area contributed by atoms with Crippen molar-refractivity contribution in [1.29, 1.82) is 0 Å². The molecule has 0 saturated carbocycles. The number of ether oxygens (including phenoxy) is 2. The van der Waals surface area contributed by atoms with Gasteiger partial charge in [0, 0.05) is 39.5 Å². The number of phenolic OH excluding ortho intramolecular Hbond substituents is 1. The van der Waals surface area contributed by atoms with Crippen LogP contribution in [0.2, 0.25) is 0 Å². The molecular formula is C26H48N2O5. The molecule has 0 aromatic heterocycles. The lowest BCUT2D eigenvalue weighted by atomic mass is 10.1. The van der Waals surface area contributed by atoms with Gasteiger partial charge >= 0.3 is 0 Å². The van der Waals surface area contributed by atoms with Crippen LogP contribution in [0, 0.1) is 0 Å². The molecule has 0 fully saturated rings. The maximum atomic E-state index is 10.3. The third-order valence-electron chi connectivity index (χ3n) is 5.52. The first-order chi connectivity index (χ1) is 16.1. The van der Waals surface area contributed by atoms with E-state index >= 15 is 0 Å². The summed E-state index contributed by atoms with van der Waals surface area (Å²) >= 11 is 0. The van der Waals surface area contributed by atoms with E-state index in [9.17, 15) is 15.3 Å². The van der Waals surface area contributed by atoms with Gasteiger partial charge in [-0.05, 0) is 63.5 Å². The summed E-state index contributed by atoms with van der Waals surface area (Å²) in [6.07, 6.45) is 8.58. The Balaban J connectivity index is 2.28. The standard InChI is InChI=1S/C26H48N2O5/c1-3-5-16-32-18-9-7-12-22(29)20-27-24-14-11-15-25(31)26(24)28-21-23(30)13-8-10-19-33-17-6-4-2/h11,14-15,22-23,27-31H,3-10,12-13,16-21H2,1-2H3. The molecule has 0 aliphatic carbocycles. The summed E-state index contributed by atoms with van der Waals surface area (Å²) in [7, 11) is 0. The highest BCUT2D eigenvalue weighted by atomic mass is 16.5. The van der Waals surface area contributed by atoms with Gasteiger partial charge in [-0.15, -0.1) is 0 Å². The first-order valence-corrected chi connectivity index (χ1v) is 12.9. The summed E-state index contributed by atoms with van der Waals surface area (Å²) in [5.74, 6) is 0.121. The van der Waals surface area contributed by atoms with E-state index in [0.29, 0.717) is 37.3 Å². The molecular weight excluding hydrogens is 420 g/mol.